The summed E-state index contributed by atoms with van der Waals surface area (Å²) < 4.78 is 4.37. The topological polar surface area (TPSA) is 36.8 Å². The number of halogens is 1. The van der Waals surface area contributed by atoms with Gasteiger partial charge in [0, 0.05) is 30.4 Å². The van der Waals surface area contributed by atoms with Gasteiger partial charge in [0.1, 0.15) is 0 Å². The lowest BCUT2D eigenvalue weighted by Gasteiger charge is -2.23. The van der Waals surface area contributed by atoms with Crippen LogP contribution in [0, 0.1) is 5.92 Å². The summed E-state index contributed by atoms with van der Waals surface area (Å²) in [6.45, 7) is 7.26. The molecule has 1 N–H and O–H groups in total. The van der Waals surface area contributed by atoms with Crippen molar-refractivity contribution < 1.29 is 0 Å². The zero-order valence-electron chi connectivity index (χ0n) is 13.4. The molecule has 2 aliphatic heterocycles. The van der Waals surface area contributed by atoms with Crippen LogP contribution in [0.4, 0.5) is 0 Å². The fourth-order valence-corrected chi connectivity index (χ4v) is 3.77. The number of hydrogen-bond donors (Lipinski definition) is 1. The van der Waals surface area contributed by atoms with Crippen molar-refractivity contribution >= 4 is 37.2 Å². The highest BCUT2D eigenvalue weighted by molar-refractivity contribution is 14.2. The van der Waals surface area contributed by atoms with Gasteiger partial charge < -0.3 is 5.32 Å². The summed E-state index contributed by atoms with van der Waals surface area (Å²) in [5.41, 5.74) is 3.58. The lowest BCUT2D eigenvalue weighted by Crippen LogP contribution is -2.21. The molecule has 2 heterocycles. The fraction of sp³-hybridized carbons (Fsp3) is 0.500. The first-order valence-electron chi connectivity index (χ1n) is 8.08. The van der Waals surface area contributed by atoms with E-state index in [1.807, 2.05) is 12.4 Å². The molecule has 0 amide bonds. The van der Waals surface area contributed by atoms with E-state index in [4.69, 9.17) is 0 Å². The maximum Gasteiger partial charge on any atom is 0.0864 e. The first-order chi connectivity index (χ1) is 10.8. The van der Waals surface area contributed by atoms with Gasteiger partial charge in [-0.1, -0.05) is 53.2 Å². The maximum absolute atomic E-state index is 4.47. The van der Waals surface area contributed by atoms with E-state index in [2.05, 4.69) is 43.0 Å². The number of allylic oxidation sites excluding steroid dienone is 4. The molecule has 0 spiro atoms. The van der Waals surface area contributed by atoms with Gasteiger partial charge >= 0.3 is 0 Å². The average molecular weight is 411 g/mol. The molecule has 2 rings (SSSR count). The Morgan fingerprint density at radius 2 is 2.36 bits per heavy atom. The van der Waals surface area contributed by atoms with Gasteiger partial charge in [0.05, 0.1) is 5.70 Å². The standard InChI is InChI=1S/C18H26IN3/c1-15(18-9-6-8-16(2)22-18)7-4-3-5-11-20-14-17-13-19-10-12-21-17/h9-10,12-15,22H,2-8,11H2,1H3/t15-/m1/s1. The summed E-state index contributed by atoms with van der Waals surface area (Å²) in [5.74, 6) is 0.613. The zero-order chi connectivity index (χ0) is 15.6. The molecule has 120 valence electrons. The van der Waals surface area contributed by atoms with Gasteiger partial charge in [0.15, 0.2) is 0 Å². The van der Waals surface area contributed by atoms with Gasteiger partial charge in [-0.05, 0) is 39.7 Å². The van der Waals surface area contributed by atoms with E-state index in [0.717, 1.165) is 25.1 Å². The third-order valence-corrected chi connectivity index (χ3v) is 5.57. The summed E-state index contributed by atoms with van der Waals surface area (Å²) in [6, 6.07) is 0. The molecular weight excluding hydrogens is 385 g/mol. The van der Waals surface area contributed by atoms with Crippen LogP contribution in [-0.2, 0) is 0 Å². The van der Waals surface area contributed by atoms with Crippen LogP contribution in [0.1, 0.15) is 45.4 Å². The minimum absolute atomic E-state index is 0.0796. The first-order valence-corrected chi connectivity index (χ1v) is 10.6. The van der Waals surface area contributed by atoms with Crippen molar-refractivity contribution in [3.05, 3.63) is 33.8 Å². The first kappa shape index (κ1) is 17.3. The predicted molar refractivity (Wildman–Crippen MR) is 107 cm³/mol. The molecule has 0 radical (unpaired) electrons. The van der Waals surface area contributed by atoms with Crippen molar-refractivity contribution in [2.24, 2.45) is 15.9 Å². The molecule has 0 fully saturated rings. The molecule has 3 nitrogen and oxygen atoms in total. The molecule has 0 aromatic heterocycles. The Labute approximate surface area is 144 Å². The predicted octanol–water partition coefficient (Wildman–Crippen LogP) is 4.73. The van der Waals surface area contributed by atoms with Crippen LogP contribution in [0.25, 0.3) is 0 Å². The number of unbranched alkanes of at least 4 members (excludes halogenated alkanes) is 2. The highest BCUT2D eigenvalue weighted by Crippen LogP contribution is 2.22. The lowest BCUT2D eigenvalue weighted by molar-refractivity contribution is 0.518. The highest BCUT2D eigenvalue weighted by Gasteiger charge is 2.12. The Morgan fingerprint density at radius 1 is 1.45 bits per heavy atom. The van der Waals surface area contributed by atoms with E-state index in [-0.39, 0.29) is 20.7 Å². The monoisotopic (exact) mass is 411 g/mol. The zero-order valence-corrected chi connectivity index (χ0v) is 15.6. The van der Waals surface area contributed by atoms with Crippen LogP contribution in [0.3, 0.4) is 0 Å². The highest BCUT2D eigenvalue weighted by atomic mass is 127. The maximum atomic E-state index is 4.47. The van der Waals surface area contributed by atoms with Crippen molar-refractivity contribution in [1.82, 2.24) is 5.32 Å². The average Bonchev–Trinajstić information content (AvgIpc) is 2.54. The van der Waals surface area contributed by atoms with Crippen molar-refractivity contribution in [3.63, 3.8) is 0 Å². The molecule has 0 aromatic carbocycles. The molecule has 0 unspecified atom stereocenters. The number of rotatable bonds is 8. The quantitative estimate of drug-likeness (QED) is 0.350. The summed E-state index contributed by atoms with van der Waals surface area (Å²) in [4.78, 5) is 8.76. The Balaban J connectivity index is 1.55. The number of aliphatic imine (C=N–C) groups is 2. The Hall–Kier alpha value is -1.04. The molecule has 22 heavy (non-hydrogen) atoms. The smallest absolute Gasteiger partial charge is 0.0864 e. The summed E-state index contributed by atoms with van der Waals surface area (Å²) in [7, 11) is 0. The molecule has 1 atom stereocenters. The second-order valence-corrected chi connectivity index (χ2v) is 7.84. The van der Waals surface area contributed by atoms with Crippen molar-refractivity contribution in [2.45, 2.75) is 45.4 Å². The molecule has 0 saturated heterocycles. The van der Waals surface area contributed by atoms with E-state index in [0.29, 0.717) is 5.92 Å². The molecule has 0 bridgehead atoms. The van der Waals surface area contributed by atoms with Crippen LogP contribution < -0.4 is 5.32 Å². The van der Waals surface area contributed by atoms with Crippen molar-refractivity contribution in [1.29, 1.82) is 0 Å². The van der Waals surface area contributed by atoms with Crippen LogP contribution in [0.15, 0.2) is 43.8 Å². The normalized spacial score (nSPS) is 19.4. The van der Waals surface area contributed by atoms with Gasteiger partial charge in [0.25, 0.3) is 0 Å². The van der Waals surface area contributed by atoms with E-state index < -0.39 is 0 Å². The largest absolute Gasteiger partial charge is 0.363 e. The summed E-state index contributed by atoms with van der Waals surface area (Å²) >= 11 is 0.0796. The Kier molecular flexibility index (Phi) is 7.77. The van der Waals surface area contributed by atoms with E-state index in [9.17, 15) is 0 Å². The van der Waals surface area contributed by atoms with E-state index in [1.165, 1.54) is 37.1 Å². The van der Waals surface area contributed by atoms with E-state index in [1.54, 1.807) is 0 Å². The number of nitrogens with zero attached hydrogens (tertiary/aromatic N) is 2. The molecule has 0 aliphatic carbocycles. The third-order valence-electron chi connectivity index (χ3n) is 3.84. The molecule has 2 aliphatic rings. The second-order valence-electron chi connectivity index (χ2n) is 5.78. The number of nitrogens with one attached hydrogen (secondary N) is 1. The van der Waals surface area contributed by atoms with E-state index >= 15 is 0 Å². The SMILES string of the molecule is C=C1CCC=C([C@H](C)CCCCCN=CC2=CI=CC=N2)N1. The molecule has 0 aromatic rings. The Bertz CT molecular complexity index is 526. The van der Waals surface area contributed by atoms with Crippen LogP contribution in [0.2, 0.25) is 0 Å². The van der Waals surface area contributed by atoms with Crippen LogP contribution in [-0.4, -0.2) is 23.0 Å². The third kappa shape index (κ3) is 6.38. The van der Waals surface area contributed by atoms with Gasteiger partial charge in [0.2, 0.25) is 0 Å². The summed E-state index contributed by atoms with van der Waals surface area (Å²) in [6.07, 6.45) is 13.3. The van der Waals surface area contributed by atoms with Crippen LogP contribution >= 0.6 is 20.7 Å². The molecule has 0 saturated carbocycles. The summed E-state index contributed by atoms with van der Waals surface area (Å²) in [5, 5.41) is 3.44. The van der Waals surface area contributed by atoms with Crippen LogP contribution in [0.5, 0.6) is 0 Å². The number of hydrogen-bond acceptors (Lipinski definition) is 3. The van der Waals surface area contributed by atoms with Gasteiger partial charge in [-0.2, -0.15) is 0 Å². The molecular formula is C18H26IN3. The lowest BCUT2D eigenvalue weighted by atomic mass is 9.96. The minimum Gasteiger partial charge on any atom is -0.363 e. The van der Waals surface area contributed by atoms with Crippen molar-refractivity contribution in [3.8, 4) is 0 Å². The van der Waals surface area contributed by atoms with Gasteiger partial charge in [-0.3, -0.25) is 9.98 Å². The van der Waals surface area contributed by atoms with Gasteiger partial charge in [-0.15, -0.1) is 0 Å². The fourth-order valence-electron chi connectivity index (χ4n) is 2.53. The van der Waals surface area contributed by atoms with Gasteiger partial charge in [-0.25, -0.2) is 0 Å². The Morgan fingerprint density at radius 3 is 3.14 bits per heavy atom. The van der Waals surface area contributed by atoms with Crippen molar-refractivity contribution in [2.75, 3.05) is 6.54 Å². The minimum atomic E-state index is 0.0796. The second kappa shape index (κ2) is 9.87. The molecule has 4 heteroatoms.